The van der Waals surface area contributed by atoms with Crippen molar-refractivity contribution < 1.29 is 40.7 Å². The van der Waals surface area contributed by atoms with E-state index < -0.39 is 36.1 Å². The number of hydrogen-bond acceptors (Lipinski definition) is 10. The van der Waals surface area contributed by atoms with Crippen LogP contribution in [0.25, 0.3) is 27.8 Å². The Morgan fingerprint density at radius 3 is 2.38 bits per heavy atom. The number of methoxy groups -OCH3 is 1. The first kappa shape index (κ1) is 34.5. The summed E-state index contributed by atoms with van der Waals surface area (Å²) >= 11 is 0. The van der Waals surface area contributed by atoms with Crippen molar-refractivity contribution in [3.05, 3.63) is 105 Å². The summed E-state index contributed by atoms with van der Waals surface area (Å²) in [4.78, 5) is 34.8. The summed E-state index contributed by atoms with van der Waals surface area (Å²) in [5, 5.41) is 5.52. The molecule has 0 unspecified atom stereocenters. The number of anilines is 1. The van der Waals surface area contributed by atoms with Crippen LogP contribution in [0, 0.1) is 12.7 Å². The Morgan fingerprint density at radius 2 is 1.77 bits per heavy atom. The minimum absolute atomic E-state index is 0.0204. The predicted octanol–water partition coefficient (Wildman–Crippen LogP) is 7.18. The van der Waals surface area contributed by atoms with Gasteiger partial charge in [0.15, 0.2) is 29.7 Å². The molecule has 0 spiro atoms. The highest BCUT2D eigenvalue weighted by Gasteiger charge is 2.34. The van der Waals surface area contributed by atoms with Gasteiger partial charge in [-0.05, 0) is 43.0 Å². The van der Waals surface area contributed by atoms with Gasteiger partial charge in [-0.2, -0.15) is 18.3 Å². The molecule has 12 nitrogen and oxygen atoms in total. The van der Waals surface area contributed by atoms with Gasteiger partial charge < -0.3 is 23.2 Å². The van der Waals surface area contributed by atoms with E-state index in [1.165, 1.54) is 26.3 Å². The Bertz CT molecular complexity index is 2350. The molecule has 4 aromatic heterocycles. The van der Waals surface area contributed by atoms with Gasteiger partial charge in [0.25, 0.3) is 0 Å². The van der Waals surface area contributed by atoms with Crippen LogP contribution in [0.15, 0.2) is 62.6 Å². The van der Waals surface area contributed by atoms with E-state index in [0.717, 1.165) is 33.8 Å². The molecule has 2 aromatic carbocycles. The Balaban J connectivity index is 1.41. The van der Waals surface area contributed by atoms with Crippen molar-refractivity contribution in [2.75, 3.05) is 18.6 Å². The van der Waals surface area contributed by atoms with Crippen molar-refractivity contribution in [2.24, 2.45) is 0 Å². The van der Waals surface area contributed by atoms with Gasteiger partial charge in [-0.25, -0.2) is 33.2 Å². The molecular weight excluding hydrogens is 688 g/mol. The lowest BCUT2D eigenvalue weighted by Gasteiger charge is -2.27. The number of hydrogen-bond donors (Lipinski definition) is 0. The monoisotopic (exact) mass is 720 g/mol. The van der Waals surface area contributed by atoms with E-state index in [-0.39, 0.29) is 35.3 Å². The first-order chi connectivity index (χ1) is 24.9. The number of rotatable bonds is 8. The van der Waals surface area contributed by atoms with Crippen molar-refractivity contribution in [2.45, 2.75) is 59.4 Å². The fourth-order valence-electron chi connectivity index (χ4n) is 6.61. The molecule has 6 aromatic rings. The molecule has 0 atom stereocenters. The highest BCUT2D eigenvalue weighted by atomic mass is 19.4. The molecule has 7 rings (SSSR count). The van der Waals surface area contributed by atoms with Crippen LogP contribution in [0.2, 0.25) is 0 Å². The van der Waals surface area contributed by atoms with Crippen LogP contribution in [0.5, 0.6) is 5.75 Å². The van der Waals surface area contributed by atoms with Crippen molar-refractivity contribution >= 4 is 22.9 Å². The van der Waals surface area contributed by atoms with Crippen LogP contribution in [0.4, 0.5) is 28.3 Å². The molecule has 0 N–H and O–H groups in total. The average Bonchev–Trinajstić information content (AvgIpc) is 3.83. The Labute approximate surface area is 293 Å². The second-order valence-corrected chi connectivity index (χ2v) is 12.1. The number of halogens is 4. The normalized spacial score (nSPS) is 13.1. The molecule has 1 aliphatic rings. The fourth-order valence-corrected chi connectivity index (χ4v) is 6.61. The van der Waals surface area contributed by atoms with Gasteiger partial charge in [-0.15, -0.1) is 0 Å². The van der Waals surface area contributed by atoms with Crippen LogP contribution in [-0.4, -0.2) is 44.1 Å². The van der Waals surface area contributed by atoms with Gasteiger partial charge in [0.2, 0.25) is 5.95 Å². The summed E-state index contributed by atoms with van der Waals surface area (Å²) in [6.07, 6.45) is -0.839. The molecule has 0 aliphatic carbocycles. The Kier molecular flexibility index (Phi) is 8.84. The lowest BCUT2D eigenvalue weighted by atomic mass is 9.97. The van der Waals surface area contributed by atoms with E-state index in [1.54, 1.807) is 15.6 Å². The molecule has 0 saturated carbocycles. The Hall–Kier alpha value is -5.93. The smallest absolute Gasteiger partial charge is 0.492 e. The number of ether oxygens (including phenoxy) is 2. The van der Waals surface area contributed by atoms with E-state index in [1.807, 2.05) is 32.0 Å². The van der Waals surface area contributed by atoms with Gasteiger partial charge in [0.1, 0.15) is 5.52 Å². The zero-order chi connectivity index (χ0) is 36.9. The first-order valence-corrected chi connectivity index (χ1v) is 16.4. The Morgan fingerprint density at radius 1 is 1.06 bits per heavy atom. The van der Waals surface area contributed by atoms with Crippen molar-refractivity contribution in [3.63, 3.8) is 0 Å². The SMILES string of the molecule is CCc1cccc(CC)c1-n1nc2c(c1-c1cc(F)c(OC)c3c1ccn3C(=O)OCc1oc(=O)oc1C)CN(c1ncc(C(F)(F)F)cn1)CC2. The van der Waals surface area contributed by atoms with Gasteiger partial charge in [-0.3, -0.25) is 0 Å². The number of fused-ring (bicyclic) bond motifs is 2. The number of benzene rings is 2. The van der Waals surface area contributed by atoms with E-state index in [9.17, 15) is 22.8 Å². The topological polar surface area (TPSA) is 131 Å². The number of aryl methyl sites for hydroxylation is 3. The quantitative estimate of drug-likeness (QED) is 0.149. The van der Waals surface area contributed by atoms with Crippen molar-refractivity contribution in [3.8, 4) is 22.7 Å². The number of para-hydroxylation sites is 1. The molecule has 5 heterocycles. The maximum atomic E-state index is 16.2. The summed E-state index contributed by atoms with van der Waals surface area (Å²) in [6, 6.07) is 8.93. The summed E-state index contributed by atoms with van der Waals surface area (Å²) in [5.74, 6) is -1.66. The second-order valence-electron chi connectivity index (χ2n) is 12.1. The molecule has 0 fully saturated rings. The van der Waals surface area contributed by atoms with Gasteiger partial charge in [0, 0.05) is 54.6 Å². The van der Waals surface area contributed by atoms with Crippen molar-refractivity contribution in [1.82, 2.24) is 24.3 Å². The minimum Gasteiger partial charge on any atom is -0.492 e. The highest BCUT2D eigenvalue weighted by molar-refractivity contribution is 6.03. The molecule has 0 amide bonds. The molecule has 270 valence electrons. The van der Waals surface area contributed by atoms with E-state index in [0.29, 0.717) is 53.7 Å². The molecule has 0 radical (unpaired) electrons. The number of aromatic nitrogens is 5. The van der Waals surface area contributed by atoms with Crippen LogP contribution >= 0.6 is 0 Å². The number of carbonyl (C=O) groups is 1. The van der Waals surface area contributed by atoms with Crippen LogP contribution in [-0.2, 0) is 43.3 Å². The minimum atomic E-state index is -4.59. The third-order valence-corrected chi connectivity index (χ3v) is 9.16. The summed E-state index contributed by atoms with van der Waals surface area (Å²) in [6.45, 7) is 5.64. The third-order valence-electron chi connectivity index (χ3n) is 9.16. The fraction of sp³-hybridized carbons (Fsp3) is 0.306. The van der Waals surface area contributed by atoms with E-state index in [2.05, 4.69) is 9.97 Å². The molecule has 52 heavy (non-hydrogen) atoms. The summed E-state index contributed by atoms with van der Waals surface area (Å²) < 4.78 is 79.7. The summed E-state index contributed by atoms with van der Waals surface area (Å²) in [7, 11) is 1.28. The predicted molar refractivity (Wildman–Crippen MR) is 179 cm³/mol. The third kappa shape index (κ3) is 5.96. The van der Waals surface area contributed by atoms with Gasteiger partial charge in [-0.1, -0.05) is 32.0 Å². The van der Waals surface area contributed by atoms with Crippen LogP contribution in [0.1, 0.15) is 53.3 Å². The molecule has 0 saturated heterocycles. The van der Waals surface area contributed by atoms with Gasteiger partial charge >= 0.3 is 18.1 Å². The highest BCUT2D eigenvalue weighted by Crippen LogP contribution is 2.43. The molecule has 0 bridgehead atoms. The zero-order valence-corrected chi connectivity index (χ0v) is 28.5. The molecular formula is C36H32F4N6O6. The maximum Gasteiger partial charge on any atom is 0.519 e. The number of alkyl halides is 3. The largest absolute Gasteiger partial charge is 0.519 e. The average molecular weight is 721 g/mol. The van der Waals surface area contributed by atoms with Crippen LogP contribution in [0.3, 0.4) is 0 Å². The lowest BCUT2D eigenvalue weighted by molar-refractivity contribution is -0.138. The maximum absolute atomic E-state index is 16.2. The second kappa shape index (κ2) is 13.3. The lowest BCUT2D eigenvalue weighted by Crippen LogP contribution is -2.31. The first-order valence-electron chi connectivity index (χ1n) is 16.4. The zero-order valence-electron chi connectivity index (χ0n) is 28.5. The molecule has 1 aliphatic heterocycles. The van der Waals surface area contributed by atoms with Crippen LogP contribution < -0.4 is 15.5 Å². The standard InChI is InChI=1S/C36H32F4N6O6/c1-5-20-8-7-9-21(6-2)29(20)46-30(25-17-44(12-11-27(25)43-46)33-41-15-22(16-42-33)36(38,39)40)24-14-26(37)32(49-4)31-23(24)10-13-45(31)34(47)50-18-28-19(3)51-35(48)52-28/h7-10,13-16H,5-6,11-12,17-18H2,1-4H3. The van der Waals surface area contributed by atoms with E-state index in [4.69, 9.17) is 23.4 Å². The van der Waals surface area contributed by atoms with Crippen molar-refractivity contribution in [1.29, 1.82) is 0 Å². The molecule has 16 heteroatoms. The van der Waals surface area contributed by atoms with Gasteiger partial charge in [0.05, 0.1) is 29.7 Å². The summed E-state index contributed by atoms with van der Waals surface area (Å²) in [5.41, 5.74) is 4.24. The number of nitrogens with zero attached hydrogens (tertiary/aromatic N) is 6. The number of carbonyl (C=O) groups excluding carboxylic acids is 1. The van der Waals surface area contributed by atoms with E-state index >= 15 is 4.39 Å².